The van der Waals surface area contributed by atoms with Gasteiger partial charge in [-0.05, 0) is 46.9 Å². The molecule has 0 unspecified atom stereocenters. The number of anilines is 2. The van der Waals surface area contributed by atoms with Crippen LogP contribution in [-0.2, 0) is 19.7 Å². The summed E-state index contributed by atoms with van der Waals surface area (Å²) in [5.41, 5.74) is 0.120. The fourth-order valence-corrected chi connectivity index (χ4v) is 3.31. The zero-order valence-electron chi connectivity index (χ0n) is 17.6. The van der Waals surface area contributed by atoms with Crippen molar-refractivity contribution in [3.05, 3.63) is 56.4 Å². The fraction of sp³-hybridized carbons (Fsp3) is 0.263. The molecule has 186 valence electrons. The monoisotopic (exact) mass is 616 g/mol. The van der Waals surface area contributed by atoms with Crippen molar-refractivity contribution >= 4 is 56.1 Å². The van der Waals surface area contributed by atoms with Gasteiger partial charge in [-0.15, -0.1) is 0 Å². The van der Waals surface area contributed by atoms with Crippen molar-refractivity contribution in [3.63, 3.8) is 0 Å². The van der Waals surface area contributed by atoms with Crippen molar-refractivity contribution in [1.29, 1.82) is 0 Å². The number of sulfonamides is 1. The number of oxime groups is 1. The van der Waals surface area contributed by atoms with E-state index in [0.29, 0.717) is 3.57 Å². The lowest BCUT2D eigenvalue weighted by molar-refractivity contribution is 0.0168. The summed E-state index contributed by atoms with van der Waals surface area (Å²) in [5.74, 6) is -4.71. The van der Waals surface area contributed by atoms with Crippen LogP contribution in [-0.4, -0.2) is 58.3 Å². The molecule has 0 saturated carbocycles. The van der Waals surface area contributed by atoms with Crippen LogP contribution in [0.3, 0.4) is 0 Å². The van der Waals surface area contributed by atoms with Gasteiger partial charge in [-0.25, -0.2) is 31.8 Å². The lowest BCUT2D eigenvalue weighted by Gasteiger charge is -2.15. The number of carbonyl (C=O) groups is 1. The van der Waals surface area contributed by atoms with Crippen LogP contribution < -0.4 is 15.5 Å². The quantitative estimate of drug-likeness (QED) is 0.124. The standard InChI is InChI=1S/C19H20F3IN4O6S/c1-34(30,31)25-4-6-32-24-10-11-8-13(19(29)27-33-7-5-28)18(17(22)16(11)21)26-15-3-2-12(23)9-14(15)20/h2-3,8-10,25-26,28H,4-7H2,1H3,(H,27,29)/b24-10+. The van der Waals surface area contributed by atoms with Crippen molar-refractivity contribution in [2.75, 3.05) is 37.9 Å². The van der Waals surface area contributed by atoms with Gasteiger partial charge in [0.1, 0.15) is 12.4 Å². The molecule has 0 bridgehead atoms. The highest BCUT2D eigenvalue weighted by Gasteiger charge is 2.23. The summed E-state index contributed by atoms with van der Waals surface area (Å²) >= 11 is 1.87. The third-order valence-corrected chi connectivity index (χ3v) is 5.25. The summed E-state index contributed by atoms with van der Waals surface area (Å²) in [7, 11) is -3.43. The first-order valence-electron chi connectivity index (χ1n) is 9.40. The highest BCUT2D eigenvalue weighted by atomic mass is 127. The number of aliphatic hydroxyl groups excluding tert-OH is 1. The summed E-state index contributed by atoms with van der Waals surface area (Å²) in [6, 6.07) is 4.87. The molecule has 0 aliphatic carbocycles. The molecule has 15 heteroatoms. The highest BCUT2D eigenvalue weighted by Crippen LogP contribution is 2.30. The maximum absolute atomic E-state index is 14.9. The second-order valence-electron chi connectivity index (χ2n) is 6.50. The normalized spacial score (nSPS) is 11.6. The topological polar surface area (TPSA) is 138 Å². The highest BCUT2D eigenvalue weighted by molar-refractivity contribution is 14.1. The first kappa shape index (κ1) is 27.8. The number of hydrogen-bond donors (Lipinski definition) is 4. The Hall–Kier alpha value is -2.47. The summed E-state index contributed by atoms with van der Waals surface area (Å²) in [6.07, 6.45) is 1.72. The van der Waals surface area contributed by atoms with E-state index in [4.69, 9.17) is 14.8 Å². The molecular formula is C19H20F3IN4O6S. The second kappa shape index (κ2) is 12.8. The molecule has 2 aromatic carbocycles. The first-order valence-corrected chi connectivity index (χ1v) is 12.4. The number of rotatable bonds is 12. The predicted octanol–water partition coefficient (Wildman–Crippen LogP) is 2.01. The Bertz CT molecular complexity index is 1170. The number of halogens is 4. The van der Waals surface area contributed by atoms with Crippen molar-refractivity contribution in [1.82, 2.24) is 10.2 Å². The number of benzene rings is 2. The molecule has 10 nitrogen and oxygen atoms in total. The third kappa shape index (κ3) is 8.39. The number of amides is 1. The Morgan fingerprint density at radius 1 is 1.21 bits per heavy atom. The number of nitrogens with one attached hydrogen (secondary N) is 3. The van der Waals surface area contributed by atoms with E-state index in [1.807, 2.05) is 28.1 Å². The van der Waals surface area contributed by atoms with E-state index in [-0.39, 0.29) is 25.4 Å². The minimum absolute atomic E-state index is 0.118. The molecule has 0 radical (unpaired) electrons. The number of nitrogens with zero attached hydrogens (tertiary/aromatic N) is 1. The Labute approximate surface area is 206 Å². The molecule has 0 aromatic heterocycles. The van der Waals surface area contributed by atoms with E-state index in [0.717, 1.165) is 24.6 Å². The molecule has 2 rings (SSSR count). The predicted molar refractivity (Wildman–Crippen MR) is 126 cm³/mol. The summed E-state index contributed by atoms with van der Waals surface area (Å²) in [4.78, 5) is 22.0. The molecule has 0 heterocycles. The summed E-state index contributed by atoms with van der Waals surface area (Å²) < 4.78 is 68.5. The molecule has 2 aromatic rings. The van der Waals surface area contributed by atoms with E-state index in [2.05, 4.69) is 15.2 Å². The molecule has 0 atom stereocenters. The second-order valence-corrected chi connectivity index (χ2v) is 9.58. The van der Waals surface area contributed by atoms with Gasteiger partial charge in [0.05, 0.1) is 42.6 Å². The van der Waals surface area contributed by atoms with Crippen LogP contribution in [0.5, 0.6) is 0 Å². The van der Waals surface area contributed by atoms with Crippen LogP contribution >= 0.6 is 22.6 Å². The van der Waals surface area contributed by atoms with Gasteiger partial charge in [-0.1, -0.05) is 5.16 Å². The zero-order valence-corrected chi connectivity index (χ0v) is 20.5. The maximum Gasteiger partial charge on any atom is 0.277 e. The molecule has 0 spiro atoms. The number of aliphatic hydroxyl groups is 1. The van der Waals surface area contributed by atoms with Gasteiger partial charge in [-0.2, -0.15) is 0 Å². The molecule has 34 heavy (non-hydrogen) atoms. The van der Waals surface area contributed by atoms with Crippen LogP contribution in [0.1, 0.15) is 15.9 Å². The van der Waals surface area contributed by atoms with Crippen molar-refractivity contribution in [2.24, 2.45) is 5.16 Å². The molecule has 0 saturated heterocycles. The number of carbonyl (C=O) groups excluding carboxylic acids is 1. The van der Waals surface area contributed by atoms with Gasteiger partial charge in [0.15, 0.2) is 11.6 Å². The molecule has 0 aliphatic heterocycles. The Morgan fingerprint density at radius 2 is 1.94 bits per heavy atom. The average Bonchev–Trinajstić information content (AvgIpc) is 2.76. The van der Waals surface area contributed by atoms with Crippen molar-refractivity contribution in [2.45, 2.75) is 0 Å². The largest absolute Gasteiger partial charge is 0.394 e. The third-order valence-electron chi connectivity index (χ3n) is 3.85. The SMILES string of the molecule is CS(=O)(=O)NCCO/N=C/c1cc(C(=O)NOCCO)c(Nc2ccc(I)cc2F)c(F)c1F. The van der Waals surface area contributed by atoms with Gasteiger partial charge >= 0.3 is 0 Å². The smallest absolute Gasteiger partial charge is 0.277 e. The van der Waals surface area contributed by atoms with Crippen molar-refractivity contribution < 1.29 is 41.2 Å². The Balaban J connectivity index is 2.34. The van der Waals surface area contributed by atoms with Crippen molar-refractivity contribution in [3.8, 4) is 0 Å². The van der Waals surface area contributed by atoms with Gasteiger partial charge in [0, 0.05) is 15.7 Å². The van der Waals surface area contributed by atoms with Crippen LogP contribution in [0.15, 0.2) is 29.4 Å². The molecule has 1 amide bonds. The molecule has 0 fully saturated rings. The molecule has 0 aliphatic rings. The van der Waals surface area contributed by atoms with Gasteiger partial charge in [0.2, 0.25) is 10.0 Å². The average molecular weight is 616 g/mol. The van der Waals surface area contributed by atoms with Crippen LogP contribution in [0.4, 0.5) is 24.5 Å². The summed E-state index contributed by atoms with van der Waals surface area (Å²) in [6.45, 7) is -1.01. The van der Waals surface area contributed by atoms with Crippen LogP contribution in [0.2, 0.25) is 0 Å². The lowest BCUT2D eigenvalue weighted by Crippen LogP contribution is -2.26. The minimum atomic E-state index is -3.43. The zero-order chi connectivity index (χ0) is 25.3. The van der Waals surface area contributed by atoms with Crippen LogP contribution in [0.25, 0.3) is 0 Å². The minimum Gasteiger partial charge on any atom is -0.394 e. The maximum atomic E-state index is 14.9. The Kier molecular flexibility index (Phi) is 10.5. The molecule has 4 N–H and O–H groups in total. The van der Waals surface area contributed by atoms with Crippen LogP contribution in [0, 0.1) is 21.0 Å². The van der Waals surface area contributed by atoms with E-state index in [1.165, 1.54) is 12.1 Å². The fourth-order valence-electron chi connectivity index (χ4n) is 2.40. The van der Waals surface area contributed by atoms with Gasteiger partial charge in [-0.3, -0.25) is 9.63 Å². The van der Waals surface area contributed by atoms with E-state index >= 15 is 0 Å². The molecular weight excluding hydrogens is 596 g/mol. The Morgan fingerprint density at radius 3 is 2.59 bits per heavy atom. The lowest BCUT2D eigenvalue weighted by atomic mass is 10.1. The van der Waals surface area contributed by atoms with Gasteiger partial charge in [0.25, 0.3) is 5.91 Å². The van der Waals surface area contributed by atoms with E-state index in [1.54, 1.807) is 0 Å². The van der Waals surface area contributed by atoms with E-state index < -0.39 is 56.8 Å². The number of hydroxylamine groups is 1. The first-order chi connectivity index (χ1) is 16.0. The van der Waals surface area contributed by atoms with E-state index in [9.17, 15) is 26.4 Å². The summed E-state index contributed by atoms with van der Waals surface area (Å²) in [5, 5.41) is 14.6. The van der Waals surface area contributed by atoms with Gasteiger partial charge < -0.3 is 15.3 Å². The number of hydrogen-bond acceptors (Lipinski definition) is 8.